The van der Waals surface area contributed by atoms with E-state index in [1.165, 1.54) is 55.3 Å². The van der Waals surface area contributed by atoms with E-state index in [1.54, 1.807) is 0 Å². The van der Waals surface area contributed by atoms with Crippen LogP contribution in [0.1, 0.15) is 22.3 Å². The van der Waals surface area contributed by atoms with Crippen LogP contribution in [0.3, 0.4) is 0 Å². The average Bonchev–Trinajstić information content (AvgIpc) is 3.48. The maximum atomic E-state index is 5.07. The third-order valence-corrected chi connectivity index (χ3v) is 8.87. The molecule has 0 atom stereocenters. The Morgan fingerprint density at radius 2 is 1.10 bits per heavy atom. The second-order valence-corrected chi connectivity index (χ2v) is 10.7. The van der Waals surface area contributed by atoms with E-state index in [4.69, 9.17) is 4.98 Å². The van der Waals surface area contributed by atoms with Crippen LogP contribution in [0.15, 0.2) is 140 Å². The van der Waals surface area contributed by atoms with Gasteiger partial charge in [0, 0.05) is 10.9 Å². The van der Waals surface area contributed by atoms with Crippen molar-refractivity contribution in [2.45, 2.75) is 5.41 Å². The molecular formula is C38H23N. The van der Waals surface area contributed by atoms with Crippen molar-refractivity contribution in [2.75, 3.05) is 0 Å². The Labute approximate surface area is 227 Å². The minimum Gasteiger partial charge on any atom is -0.248 e. The molecule has 1 spiro atoms. The van der Waals surface area contributed by atoms with Crippen LogP contribution in [0, 0.1) is 0 Å². The van der Waals surface area contributed by atoms with E-state index in [2.05, 4.69) is 140 Å². The topological polar surface area (TPSA) is 12.9 Å². The fourth-order valence-corrected chi connectivity index (χ4v) is 7.29. The van der Waals surface area contributed by atoms with Crippen LogP contribution < -0.4 is 0 Å². The largest absolute Gasteiger partial charge is 0.248 e. The van der Waals surface area contributed by atoms with Gasteiger partial charge in [0.05, 0.1) is 16.6 Å². The lowest BCUT2D eigenvalue weighted by atomic mass is 9.70. The van der Waals surface area contributed by atoms with E-state index in [9.17, 15) is 0 Å². The second kappa shape index (κ2) is 7.52. The summed E-state index contributed by atoms with van der Waals surface area (Å²) in [7, 11) is 0. The Kier molecular flexibility index (Phi) is 4.05. The van der Waals surface area contributed by atoms with Crippen LogP contribution in [-0.4, -0.2) is 4.98 Å². The van der Waals surface area contributed by atoms with Gasteiger partial charge in [-0.2, -0.15) is 0 Å². The number of hydrogen-bond donors (Lipinski definition) is 0. The van der Waals surface area contributed by atoms with Gasteiger partial charge in [-0.05, 0) is 73.5 Å². The van der Waals surface area contributed by atoms with Gasteiger partial charge in [-0.25, -0.2) is 4.98 Å². The predicted molar refractivity (Wildman–Crippen MR) is 161 cm³/mol. The molecule has 2 aliphatic carbocycles. The molecule has 7 aromatic rings. The van der Waals surface area contributed by atoms with Gasteiger partial charge in [-0.1, -0.05) is 121 Å². The minimum atomic E-state index is -0.366. The molecule has 1 nitrogen and oxygen atoms in total. The van der Waals surface area contributed by atoms with Crippen molar-refractivity contribution in [1.82, 2.24) is 4.98 Å². The molecule has 180 valence electrons. The number of hydrogen-bond acceptors (Lipinski definition) is 1. The van der Waals surface area contributed by atoms with E-state index >= 15 is 0 Å². The quantitative estimate of drug-likeness (QED) is 0.222. The number of para-hydroxylation sites is 1. The summed E-state index contributed by atoms with van der Waals surface area (Å²) < 4.78 is 0. The zero-order valence-corrected chi connectivity index (χ0v) is 21.2. The maximum Gasteiger partial charge on any atom is 0.0725 e. The van der Waals surface area contributed by atoms with Crippen LogP contribution in [0.25, 0.3) is 55.2 Å². The van der Waals surface area contributed by atoms with Crippen molar-refractivity contribution in [3.63, 3.8) is 0 Å². The van der Waals surface area contributed by atoms with Crippen molar-refractivity contribution in [2.24, 2.45) is 0 Å². The molecule has 1 aromatic heterocycles. The SMILES string of the molecule is c1ccc2c(c1)-c1ccccc1C21c2cc(-c3ccc4ccccc4n3)ccc2-c2c1ccc1ccccc21. The molecule has 1 heteroatoms. The number of pyridine rings is 1. The highest BCUT2D eigenvalue weighted by Gasteiger charge is 2.52. The second-order valence-electron chi connectivity index (χ2n) is 10.7. The van der Waals surface area contributed by atoms with E-state index in [1.807, 2.05) is 0 Å². The van der Waals surface area contributed by atoms with Gasteiger partial charge in [0.1, 0.15) is 0 Å². The van der Waals surface area contributed by atoms with E-state index in [0.29, 0.717) is 0 Å². The minimum absolute atomic E-state index is 0.366. The highest BCUT2D eigenvalue weighted by atomic mass is 14.7. The fourth-order valence-electron chi connectivity index (χ4n) is 7.29. The molecular weight excluding hydrogens is 470 g/mol. The van der Waals surface area contributed by atoms with Crippen molar-refractivity contribution >= 4 is 21.7 Å². The average molecular weight is 494 g/mol. The van der Waals surface area contributed by atoms with Gasteiger partial charge in [0.25, 0.3) is 0 Å². The molecule has 0 aliphatic heterocycles. The Balaban J connectivity index is 1.42. The highest BCUT2D eigenvalue weighted by molar-refractivity contribution is 6.06. The number of nitrogens with zero attached hydrogens (tertiary/aromatic N) is 1. The molecule has 0 saturated heterocycles. The van der Waals surface area contributed by atoms with E-state index < -0.39 is 0 Å². The summed E-state index contributed by atoms with van der Waals surface area (Å²) in [6, 6.07) is 51.2. The van der Waals surface area contributed by atoms with Crippen LogP contribution in [0.2, 0.25) is 0 Å². The first-order valence-corrected chi connectivity index (χ1v) is 13.6. The monoisotopic (exact) mass is 493 g/mol. The molecule has 9 rings (SSSR count). The van der Waals surface area contributed by atoms with Crippen LogP contribution in [-0.2, 0) is 5.41 Å². The Bertz CT molecular complexity index is 2090. The van der Waals surface area contributed by atoms with Gasteiger partial charge >= 0.3 is 0 Å². The molecule has 0 bridgehead atoms. The molecule has 0 N–H and O–H groups in total. The Hall–Kier alpha value is -5.01. The highest BCUT2D eigenvalue weighted by Crippen LogP contribution is 2.63. The van der Waals surface area contributed by atoms with Crippen LogP contribution in [0.5, 0.6) is 0 Å². The lowest BCUT2D eigenvalue weighted by molar-refractivity contribution is 0.794. The lowest BCUT2D eigenvalue weighted by Gasteiger charge is -2.30. The molecule has 6 aromatic carbocycles. The summed E-state index contributed by atoms with van der Waals surface area (Å²) in [5.74, 6) is 0. The first-order chi connectivity index (χ1) is 19.3. The summed E-state index contributed by atoms with van der Waals surface area (Å²) >= 11 is 0. The van der Waals surface area contributed by atoms with E-state index in [-0.39, 0.29) is 5.41 Å². The molecule has 39 heavy (non-hydrogen) atoms. The molecule has 0 saturated carbocycles. The molecule has 0 radical (unpaired) electrons. The predicted octanol–water partition coefficient (Wildman–Crippen LogP) is 9.40. The molecule has 2 aliphatic rings. The summed E-state index contributed by atoms with van der Waals surface area (Å²) in [4.78, 5) is 5.07. The number of aromatic nitrogens is 1. The zero-order valence-electron chi connectivity index (χ0n) is 21.2. The smallest absolute Gasteiger partial charge is 0.0725 e. The zero-order chi connectivity index (χ0) is 25.6. The van der Waals surface area contributed by atoms with Crippen molar-refractivity contribution in [3.8, 4) is 33.5 Å². The molecule has 1 heterocycles. The van der Waals surface area contributed by atoms with Gasteiger partial charge in [0.15, 0.2) is 0 Å². The Morgan fingerprint density at radius 3 is 1.92 bits per heavy atom. The normalized spacial score (nSPS) is 13.8. The van der Waals surface area contributed by atoms with Crippen LogP contribution >= 0.6 is 0 Å². The number of benzene rings is 6. The maximum absolute atomic E-state index is 5.07. The third-order valence-electron chi connectivity index (χ3n) is 8.87. The first-order valence-electron chi connectivity index (χ1n) is 13.6. The van der Waals surface area contributed by atoms with Gasteiger partial charge in [-0.15, -0.1) is 0 Å². The number of fused-ring (bicyclic) bond motifs is 13. The Morgan fingerprint density at radius 1 is 0.436 bits per heavy atom. The molecule has 0 unspecified atom stereocenters. The van der Waals surface area contributed by atoms with Crippen molar-refractivity contribution in [1.29, 1.82) is 0 Å². The lowest BCUT2D eigenvalue weighted by Crippen LogP contribution is -2.25. The summed E-state index contributed by atoms with van der Waals surface area (Å²) in [6.45, 7) is 0. The third kappa shape index (κ3) is 2.62. The molecule has 0 fully saturated rings. The summed E-state index contributed by atoms with van der Waals surface area (Å²) in [6.07, 6.45) is 0. The van der Waals surface area contributed by atoms with Crippen LogP contribution in [0.4, 0.5) is 0 Å². The van der Waals surface area contributed by atoms with Gasteiger partial charge in [-0.3, -0.25) is 0 Å². The number of rotatable bonds is 1. The first kappa shape index (κ1) is 21.0. The van der Waals surface area contributed by atoms with Crippen molar-refractivity contribution in [3.05, 3.63) is 162 Å². The standard InChI is InChI=1S/C38H23N/c1-3-11-27-24(9-1)18-21-33-37(27)30-20-17-26(36-22-19-25-10-2-8-16-35(25)39-36)23-34(30)38(33)31-14-6-4-12-28(31)29-13-5-7-15-32(29)38/h1-23H. The van der Waals surface area contributed by atoms with Gasteiger partial charge in [0.2, 0.25) is 0 Å². The van der Waals surface area contributed by atoms with Crippen molar-refractivity contribution < 1.29 is 0 Å². The fraction of sp³-hybridized carbons (Fsp3) is 0.0263. The summed E-state index contributed by atoms with van der Waals surface area (Å²) in [5.41, 5.74) is 13.6. The molecule has 0 amide bonds. The van der Waals surface area contributed by atoms with E-state index in [0.717, 1.165) is 22.2 Å². The van der Waals surface area contributed by atoms with Gasteiger partial charge < -0.3 is 0 Å². The summed E-state index contributed by atoms with van der Waals surface area (Å²) in [5, 5.41) is 3.75.